The van der Waals surface area contributed by atoms with Crippen LogP contribution in [0.4, 0.5) is 13.2 Å². The van der Waals surface area contributed by atoms with Gasteiger partial charge in [0.05, 0.1) is 11.8 Å². The van der Waals surface area contributed by atoms with Crippen molar-refractivity contribution in [1.29, 1.82) is 0 Å². The number of carbonyl (C=O) groups is 1. The molecule has 0 saturated heterocycles. The number of carbonyl (C=O) groups excluding carboxylic acids is 1. The molecule has 0 fully saturated rings. The molecule has 2 rings (SSSR count). The maximum absolute atomic E-state index is 12.8. The molecular formula is C20H20F3N3O3. The van der Waals surface area contributed by atoms with Gasteiger partial charge in [0.2, 0.25) is 0 Å². The molecule has 0 aliphatic rings. The van der Waals surface area contributed by atoms with Crippen LogP contribution in [0.5, 0.6) is 0 Å². The first-order valence-electron chi connectivity index (χ1n) is 8.56. The summed E-state index contributed by atoms with van der Waals surface area (Å²) in [5, 5.41) is 10.0. The minimum atomic E-state index is -4.42. The van der Waals surface area contributed by atoms with Crippen molar-refractivity contribution in [2.75, 3.05) is 14.2 Å². The predicted molar refractivity (Wildman–Crippen MR) is 103 cm³/mol. The van der Waals surface area contributed by atoms with Crippen LogP contribution in [-0.4, -0.2) is 32.0 Å². The Morgan fingerprint density at radius 1 is 1.17 bits per heavy atom. The molecule has 9 heteroatoms. The normalized spacial score (nSPS) is 13.2. The summed E-state index contributed by atoms with van der Waals surface area (Å²) in [6.07, 6.45) is -3.72. The molecule has 0 heterocycles. The van der Waals surface area contributed by atoms with E-state index >= 15 is 0 Å². The number of likely N-dealkylation sites (N-methyl/N-ethyl adjacent to an activating group) is 1. The van der Waals surface area contributed by atoms with Gasteiger partial charge in [-0.15, -0.1) is 0 Å². The second-order valence-corrected chi connectivity index (χ2v) is 5.93. The van der Waals surface area contributed by atoms with E-state index in [1.54, 1.807) is 31.2 Å². The van der Waals surface area contributed by atoms with Crippen LogP contribution in [0, 0.1) is 0 Å². The number of nitrogens with zero attached hydrogens (tertiary/aromatic N) is 2. The molecule has 0 bridgehead atoms. The monoisotopic (exact) mass is 407 g/mol. The number of benzene rings is 2. The van der Waals surface area contributed by atoms with E-state index in [0.717, 1.165) is 12.1 Å². The molecule has 0 aromatic heterocycles. The summed E-state index contributed by atoms with van der Waals surface area (Å²) >= 11 is 0. The highest BCUT2D eigenvalue weighted by Crippen LogP contribution is 2.31. The Bertz CT molecular complexity index is 911. The van der Waals surface area contributed by atoms with Gasteiger partial charge in [-0.25, -0.2) is 0 Å². The molecule has 6 nitrogen and oxygen atoms in total. The Morgan fingerprint density at radius 2 is 1.90 bits per heavy atom. The average molecular weight is 407 g/mol. The molecule has 2 aromatic rings. The molecule has 0 aliphatic carbocycles. The first-order valence-corrected chi connectivity index (χ1v) is 8.56. The lowest BCUT2D eigenvalue weighted by Gasteiger charge is -2.13. The van der Waals surface area contributed by atoms with Crippen LogP contribution in [-0.2, 0) is 20.6 Å². The zero-order valence-electron chi connectivity index (χ0n) is 16.0. The largest absolute Gasteiger partial charge is 0.416 e. The molecule has 0 saturated carbocycles. The third-order valence-electron chi connectivity index (χ3n) is 3.89. The Morgan fingerprint density at radius 3 is 2.55 bits per heavy atom. The standard InChI is InChI=1S/C20H20F3N3O3/c1-13(15-7-5-9-17(11-15)20(21,22)23)29-25-12-14-6-4-8-16(10-14)18(26-28-3)19(27)24-2/h4-13H,1-3H3,(H,24,27). The van der Waals surface area contributed by atoms with E-state index in [1.807, 2.05) is 0 Å². The van der Waals surface area contributed by atoms with Crippen LogP contribution < -0.4 is 5.32 Å². The second kappa shape index (κ2) is 9.72. The molecule has 1 N–H and O–H groups in total. The molecule has 154 valence electrons. The number of oxime groups is 2. The van der Waals surface area contributed by atoms with Crippen molar-refractivity contribution in [1.82, 2.24) is 5.32 Å². The van der Waals surface area contributed by atoms with Gasteiger partial charge in [0, 0.05) is 12.6 Å². The SMILES string of the molecule is CNC(=O)C(=NOC)c1cccc(C=NOC(C)c2cccc(C(F)(F)F)c2)c1. The number of nitrogens with one attached hydrogen (secondary N) is 1. The fraction of sp³-hybridized carbons (Fsp3) is 0.250. The first kappa shape index (κ1) is 21.9. The number of alkyl halides is 3. The van der Waals surface area contributed by atoms with Gasteiger partial charge >= 0.3 is 6.18 Å². The smallest absolute Gasteiger partial charge is 0.398 e. The Labute approximate surface area is 166 Å². The van der Waals surface area contributed by atoms with Gasteiger partial charge < -0.3 is 15.0 Å². The van der Waals surface area contributed by atoms with Crippen molar-refractivity contribution >= 4 is 17.8 Å². The summed E-state index contributed by atoms with van der Waals surface area (Å²) in [5.41, 5.74) is 0.789. The summed E-state index contributed by atoms with van der Waals surface area (Å²) in [6.45, 7) is 1.60. The Balaban J connectivity index is 2.13. The molecule has 2 aromatic carbocycles. The third kappa shape index (κ3) is 6.06. The number of rotatable bonds is 7. The Hall–Kier alpha value is -3.36. The van der Waals surface area contributed by atoms with E-state index < -0.39 is 23.8 Å². The summed E-state index contributed by atoms with van der Waals surface area (Å²) in [4.78, 5) is 21.9. The van der Waals surface area contributed by atoms with Crippen LogP contribution in [0.15, 0.2) is 58.8 Å². The summed E-state index contributed by atoms with van der Waals surface area (Å²) in [7, 11) is 2.80. The molecule has 1 unspecified atom stereocenters. The maximum Gasteiger partial charge on any atom is 0.416 e. The highest BCUT2D eigenvalue weighted by Gasteiger charge is 2.30. The zero-order valence-corrected chi connectivity index (χ0v) is 16.0. The number of amides is 1. The van der Waals surface area contributed by atoms with Crippen LogP contribution in [0.25, 0.3) is 0 Å². The van der Waals surface area contributed by atoms with E-state index in [0.29, 0.717) is 16.7 Å². The van der Waals surface area contributed by atoms with Crippen molar-refractivity contribution in [2.24, 2.45) is 10.3 Å². The molecule has 0 spiro atoms. The van der Waals surface area contributed by atoms with Gasteiger partial charge in [-0.05, 0) is 36.2 Å². The van der Waals surface area contributed by atoms with Crippen molar-refractivity contribution < 1.29 is 27.6 Å². The summed E-state index contributed by atoms with van der Waals surface area (Å²) in [5.74, 6) is -0.421. The number of hydrogen-bond acceptors (Lipinski definition) is 5. The fourth-order valence-electron chi connectivity index (χ4n) is 2.41. The van der Waals surface area contributed by atoms with Crippen LogP contribution in [0.3, 0.4) is 0 Å². The molecule has 1 atom stereocenters. The van der Waals surface area contributed by atoms with Crippen LogP contribution >= 0.6 is 0 Å². The number of halogens is 3. The summed E-state index contributed by atoms with van der Waals surface area (Å²) in [6, 6.07) is 11.6. The zero-order chi connectivity index (χ0) is 21.4. The van der Waals surface area contributed by atoms with E-state index in [-0.39, 0.29) is 5.71 Å². The molecular weight excluding hydrogens is 387 g/mol. The lowest BCUT2D eigenvalue weighted by molar-refractivity contribution is -0.137. The lowest BCUT2D eigenvalue weighted by Crippen LogP contribution is -2.28. The molecule has 0 aliphatic heterocycles. The van der Waals surface area contributed by atoms with Crippen molar-refractivity contribution in [3.8, 4) is 0 Å². The topological polar surface area (TPSA) is 72.3 Å². The minimum absolute atomic E-state index is 0.0866. The molecule has 0 radical (unpaired) electrons. The fourth-order valence-corrected chi connectivity index (χ4v) is 2.41. The van der Waals surface area contributed by atoms with Gasteiger partial charge in [-0.2, -0.15) is 13.2 Å². The van der Waals surface area contributed by atoms with Gasteiger partial charge in [-0.1, -0.05) is 40.6 Å². The average Bonchev–Trinajstić information content (AvgIpc) is 2.71. The van der Waals surface area contributed by atoms with Crippen molar-refractivity contribution in [3.05, 3.63) is 70.8 Å². The Kier molecular flexibility index (Phi) is 7.35. The van der Waals surface area contributed by atoms with Crippen LogP contribution in [0.2, 0.25) is 0 Å². The lowest BCUT2D eigenvalue weighted by atomic mass is 10.1. The highest BCUT2D eigenvalue weighted by atomic mass is 19.4. The quantitative estimate of drug-likeness (QED) is 0.559. The number of hydrogen-bond donors (Lipinski definition) is 1. The van der Waals surface area contributed by atoms with Gasteiger partial charge in [0.1, 0.15) is 13.2 Å². The van der Waals surface area contributed by atoms with Crippen molar-refractivity contribution in [3.63, 3.8) is 0 Å². The van der Waals surface area contributed by atoms with Crippen LogP contribution in [0.1, 0.15) is 35.3 Å². The van der Waals surface area contributed by atoms with Gasteiger partial charge in [-0.3, -0.25) is 4.79 Å². The van der Waals surface area contributed by atoms with Gasteiger partial charge in [0.15, 0.2) is 5.71 Å². The van der Waals surface area contributed by atoms with E-state index in [4.69, 9.17) is 9.68 Å². The second-order valence-electron chi connectivity index (χ2n) is 5.93. The minimum Gasteiger partial charge on any atom is -0.398 e. The summed E-state index contributed by atoms with van der Waals surface area (Å²) < 4.78 is 38.5. The highest BCUT2D eigenvalue weighted by molar-refractivity contribution is 6.45. The van der Waals surface area contributed by atoms with E-state index in [2.05, 4.69) is 15.6 Å². The van der Waals surface area contributed by atoms with E-state index in [9.17, 15) is 18.0 Å². The third-order valence-corrected chi connectivity index (χ3v) is 3.89. The van der Waals surface area contributed by atoms with Gasteiger partial charge in [0.25, 0.3) is 5.91 Å². The van der Waals surface area contributed by atoms with Crippen molar-refractivity contribution in [2.45, 2.75) is 19.2 Å². The predicted octanol–water partition coefficient (Wildman–Crippen LogP) is 3.91. The molecule has 1 amide bonds. The molecule has 29 heavy (non-hydrogen) atoms. The first-order chi connectivity index (χ1) is 13.8. The maximum atomic E-state index is 12.8. The van der Waals surface area contributed by atoms with E-state index in [1.165, 1.54) is 32.5 Å².